The van der Waals surface area contributed by atoms with E-state index in [-0.39, 0.29) is 5.54 Å². The Morgan fingerprint density at radius 2 is 1.88 bits per heavy atom. The highest BCUT2D eigenvalue weighted by Crippen LogP contribution is 2.25. The minimum absolute atomic E-state index is 0.105. The molecule has 2 aromatic rings. The lowest BCUT2D eigenvalue weighted by atomic mass is 10.1. The second-order valence-corrected chi connectivity index (χ2v) is 8.10. The first-order chi connectivity index (χ1) is 11.8. The maximum Gasteiger partial charge on any atom is 0.163 e. The van der Waals surface area contributed by atoms with Gasteiger partial charge in [0.25, 0.3) is 0 Å². The minimum atomic E-state index is -0.105. The summed E-state index contributed by atoms with van der Waals surface area (Å²) in [5.41, 5.74) is 0.782. The number of ether oxygens (including phenoxy) is 1. The largest absolute Gasteiger partial charge is 0.373 e. The molecule has 7 nitrogen and oxygen atoms in total. The van der Waals surface area contributed by atoms with E-state index in [0.29, 0.717) is 12.2 Å². The van der Waals surface area contributed by atoms with E-state index in [1.807, 2.05) is 10.9 Å². The average molecular weight is 346 g/mol. The number of hydrogen-bond donors (Lipinski definition) is 0. The fourth-order valence-corrected chi connectivity index (χ4v) is 3.49. The van der Waals surface area contributed by atoms with Crippen LogP contribution in [0.5, 0.6) is 0 Å². The van der Waals surface area contributed by atoms with Gasteiger partial charge in [0.1, 0.15) is 12.1 Å². The molecule has 1 aliphatic heterocycles. The lowest BCUT2D eigenvalue weighted by molar-refractivity contribution is -0.0670. The first-order valence-electron chi connectivity index (χ1n) is 9.04. The Labute approximate surface area is 150 Å². The zero-order chi connectivity index (χ0) is 18.2. The quantitative estimate of drug-likeness (QED) is 0.845. The maximum absolute atomic E-state index is 5.81. The van der Waals surface area contributed by atoms with Gasteiger partial charge in [0.15, 0.2) is 5.65 Å². The SMILES string of the molecule is C[C@@H]1CN(CCN(C)c2ncnc3c2cnn3C(C)(C)C)C[C@H](C)O1. The number of anilines is 1. The zero-order valence-electron chi connectivity index (χ0n) is 16.2. The molecule has 0 unspecified atom stereocenters. The van der Waals surface area contributed by atoms with Gasteiger partial charge in [0.05, 0.1) is 29.3 Å². The number of aromatic nitrogens is 4. The molecule has 2 aromatic heterocycles. The van der Waals surface area contributed by atoms with Gasteiger partial charge in [-0.1, -0.05) is 0 Å². The Balaban J connectivity index is 1.74. The fourth-order valence-electron chi connectivity index (χ4n) is 3.49. The summed E-state index contributed by atoms with van der Waals surface area (Å²) in [6, 6.07) is 0. The van der Waals surface area contributed by atoms with Crippen LogP contribution in [0.2, 0.25) is 0 Å². The molecule has 0 spiro atoms. The molecule has 0 aliphatic carbocycles. The van der Waals surface area contributed by atoms with Crippen LogP contribution in [0, 0.1) is 0 Å². The lowest BCUT2D eigenvalue weighted by Gasteiger charge is -2.36. The average Bonchev–Trinajstić information content (AvgIpc) is 2.95. The van der Waals surface area contributed by atoms with E-state index in [0.717, 1.165) is 43.0 Å². The molecule has 0 N–H and O–H groups in total. The van der Waals surface area contributed by atoms with Crippen LogP contribution in [0.3, 0.4) is 0 Å². The predicted octanol–water partition coefficient (Wildman–Crippen LogP) is 2.13. The molecule has 0 bridgehead atoms. The van der Waals surface area contributed by atoms with Crippen molar-refractivity contribution in [2.75, 3.05) is 38.1 Å². The van der Waals surface area contributed by atoms with Gasteiger partial charge in [-0.3, -0.25) is 4.90 Å². The Kier molecular flexibility index (Phi) is 4.97. The molecular formula is C18H30N6O. The number of hydrogen-bond acceptors (Lipinski definition) is 6. The summed E-state index contributed by atoms with van der Waals surface area (Å²) in [6.45, 7) is 14.5. The van der Waals surface area contributed by atoms with Gasteiger partial charge in [-0.15, -0.1) is 0 Å². The second kappa shape index (κ2) is 6.88. The normalized spacial score (nSPS) is 22.5. The van der Waals surface area contributed by atoms with Crippen LogP contribution in [0.1, 0.15) is 34.6 Å². The fraction of sp³-hybridized carbons (Fsp3) is 0.722. The van der Waals surface area contributed by atoms with E-state index in [9.17, 15) is 0 Å². The molecular weight excluding hydrogens is 316 g/mol. The molecule has 1 saturated heterocycles. The third-order valence-corrected chi connectivity index (χ3v) is 4.59. The van der Waals surface area contributed by atoms with Gasteiger partial charge in [0.2, 0.25) is 0 Å². The Hall–Kier alpha value is -1.73. The first-order valence-corrected chi connectivity index (χ1v) is 9.04. The van der Waals surface area contributed by atoms with Gasteiger partial charge >= 0.3 is 0 Å². The molecule has 3 rings (SSSR count). The number of fused-ring (bicyclic) bond motifs is 1. The van der Waals surface area contributed by atoms with Gasteiger partial charge in [-0.05, 0) is 34.6 Å². The summed E-state index contributed by atoms with van der Waals surface area (Å²) >= 11 is 0. The highest BCUT2D eigenvalue weighted by molar-refractivity contribution is 5.86. The topological polar surface area (TPSA) is 59.3 Å². The van der Waals surface area contributed by atoms with Crippen molar-refractivity contribution < 1.29 is 4.74 Å². The van der Waals surface area contributed by atoms with Gasteiger partial charge in [0, 0.05) is 33.2 Å². The molecule has 0 amide bonds. The first kappa shape index (κ1) is 18.1. The minimum Gasteiger partial charge on any atom is -0.373 e. The van der Waals surface area contributed by atoms with Crippen molar-refractivity contribution in [3.63, 3.8) is 0 Å². The van der Waals surface area contributed by atoms with E-state index >= 15 is 0 Å². The molecule has 3 heterocycles. The highest BCUT2D eigenvalue weighted by atomic mass is 16.5. The van der Waals surface area contributed by atoms with E-state index < -0.39 is 0 Å². The number of rotatable bonds is 4. The van der Waals surface area contributed by atoms with Crippen LogP contribution in [-0.4, -0.2) is 70.1 Å². The molecule has 7 heteroatoms. The lowest BCUT2D eigenvalue weighted by Crippen LogP contribution is -2.47. The van der Waals surface area contributed by atoms with Crippen LogP contribution >= 0.6 is 0 Å². The van der Waals surface area contributed by atoms with Gasteiger partial charge < -0.3 is 9.64 Å². The maximum atomic E-state index is 5.81. The number of morpholine rings is 1. The van der Waals surface area contributed by atoms with Crippen LogP contribution in [0.25, 0.3) is 11.0 Å². The highest BCUT2D eigenvalue weighted by Gasteiger charge is 2.23. The summed E-state index contributed by atoms with van der Waals surface area (Å²) in [6.07, 6.45) is 4.11. The van der Waals surface area contributed by atoms with E-state index in [1.54, 1.807) is 6.33 Å². The third-order valence-electron chi connectivity index (χ3n) is 4.59. The summed E-state index contributed by atoms with van der Waals surface area (Å²) in [7, 11) is 2.09. The smallest absolute Gasteiger partial charge is 0.163 e. The molecule has 1 fully saturated rings. The van der Waals surface area contributed by atoms with Crippen LogP contribution in [0.15, 0.2) is 12.5 Å². The molecule has 0 saturated carbocycles. The van der Waals surface area contributed by atoms with Crippen molar-refractivity contribution in [3.05, 3.63) is 12.5 Å². The van der Waals surface area contributed by atoms with Crippen molar-refractivity contribution in [2.45, 2.75) is 52.4 Å². The zero-order valence-corrected chi connectivity index (χ0v) is 16.2. The van der Waals surface area contributed by atoms with E-state index in [4.69, 9.17) is 4.74 Å². The summed E-state index contributed by atoms with van der Waals surface area (Å²) in [5.74, 6) is 0.940. The molecule has 1 aliphatic rings. The predicted molar refractivity (Wildman–Crippen MR) is 100 cm³/mol. The molecule has 0 aromatic carbocycles. The molecule has 138 valence electrons. The van der Waals surface area contributed by atoms with Crippen LogP contribution in [-0.2, 0) is 10.3 Å². The van der Waals surface area contributed by atoms with Gasteiger partial charge in [-0.25, -0.2) is 14.6 Å². The van der Waals surface area contributed by atoms with Crippen molar-refractivity contribution in [1.82, 2.24) is 24.6 Å². The van der Waals surface area contributed by atoms with Crippen molar-refractivity contribution >= 4 is 16.9 Å². The summed E-state index contributed by atoms with van der Waals surface area (Å²) in [4.78, 5) is 13.6. The Morgan fingerprint density at radius 1 is 1.20 bits per heavy atom. The number of likely N-dealkylation sites (N-methyl/N-ethyl adjacent to an activating group) is 1. The Morgan fingerprint density at radius 3 is 2.52 bits per heavy atom. The summed E-state index contributed by atoms with van der Waals surface area (Å²) < 4.78 is 7.78. The Bertz CT molecular complexity index is 712. The van der Waals surface area contributed by atoms with Gasteiger partial charge in [-0.2, -0.15) is 5.10 Å². The van der Waals surface area contributed by atoms with E-state index in [1.165, 1.54) is 0 Å². The summed E-state index contributed by atoms with van der Waals surface area (Å²) in [5, 5.41) is 5.54. The van der Waals surface area contributed by atoms with E-state index in [2.05, 4.69) is 66.5 Å². The molecule has 0 radical (unpaired) electrons. The molecule has 25 heavy (non-hydrogen) atoms. The number of nitrogens with zero attached hydrogens (tertiary/aromatic N) is 6. The second-order valence-electron chi connectivity index (χ2n) is 8.10. The third kappa shape index (κ3) is 3.93. The molecule has 2 atom stereocenters. The van der Waals surface area contributed by atoms with Crippen molar-refractivity contribution in [3.8, 4) is 0 Å². The van der Waals surface area contributed by atoms with Crippen molar-refractivity contribution in [1.29, 1.82) is 0 Å². The standard InChI is InChI=1S/C18H30N6O/c1-13-10-23(11-14(2)25-13)8-7-22(6)16-15-9-21-24(18(3,4)5)17(15)20-12-19-16/h9,12-14H,7-8,10-11H2,1-6H3/t13-,14+. The van der Waals surface area contributed by atoms with Crippen molar-refractivity contribution in [2.24, 2.45) is 0 Å². The monoisotopic (exact) mass is 346 g/mol. The van der Waals surface area contributed by atoms with Crippen LogP contribution in [0.4, 0.5) is 5.82 Å². The van der Waals surface area contributed by atoms with Crippen LogP contribution < -0.4 is 4.90 Å².